The lowest BCUT2D eigenvalue weighted by Crippen LogP contribution is -2.11. The van der Waals surface area contributed by atoms with Crippen molar-refractivity contribution in [1.82, 2.24) is 9.78 Å². The third kappa shape index (κ3) is 2.50. The third-order valence-corrected chi connectivity index (χ3v) is 2.55. The first-order valence-corrected chi connectivity index (χ1v) is 4.80. The number of aryl methyl sites for hydroxylation is 1. The fourth-order valence-corrected chi connectivity index (χ4v) is 1.62. The van der Waals surface area contributed by atoms with E-state index in [-0.39, 0.29) is 12.4 Å². The maximum Gasteiger partial charge on any atom is 0.357 e. The van der Waals surface area contributed by atoms with Gasteiger partial charge in [0.1, 0.15) is 0 Å². The Bertz CT molecular complexity index is 340. The highest BCUT2D eigenvalue weighted by molar-refractivity contribution is 14.1. The smallest absolute Gasteiger partial charge is 0.357 e. The van der Waals surface area contributed by atoms with Crippen LogP contribution in [0.25, 0.3) is 0 Å². The molecule has 0 aliphatic carbocycles. The Balaban J connectivity index is 0.00000169. The first-order chi connectivity index (χ1) is 6.07. The van der Waals surface area contributed by atoms with Crippen LogP contribution in [-0.2, 0) is 11.8 Å². The molecule has 5 nitrogen and oxygen atoms in total. The summed E-state index contributed by atoms with van der Waals surface area (Å²) in [6.07, 6.45) is 0. The number of hydrogen-bond acceptors (Lipinski definition) is 4. The van der Waals surface area contributed by atoms with Crippen LogP contribution in [0.4, 0.5) is 5.82 Å². The number of halogens is 2. The summed E-state index contributed by atoms with van der Waals surface area (Å²) in [4.78, 5) is 11.4. The number of anilines is 1. The van der Waals surface area contributed by atoms with Gasteiger partial charge in [0.05, 0.1) is 10.2 Å². The standard InChI is InChI=1S/C7H10IN3O2.ClH/c1-3-13-7(12)5-4(8)6(9)10-11(5)2;/h3H2,1-2H3,(H2,9,10);1H. The second-order valence-corrected chi connectivity index (χ2v) is 3.47. The molecule has 0 atom stereocenters. The molecule has 0 unspecified atom stereocenters. The molecule has 0 bridgehead atoms. The topological polar surface area (TPSA) is 70.1 Å². The molecule has 2 N–H and O–H groups in total. The lowest BCUT2D eigenvalue weighted by Gasteiger charge is -2.01. The highest BCUT2D eigenvalue weighted by Gasteiger charge is 2.19. The molecule has 80 valence electrons. The molecule has 0 aliphatic heterocycles. The van der Waals surface area contributed by atoms with Crippen molar-refractivity contribution in [3.63, 3.8) is 0 Å². The molecule has 1 aromatic rings. The van der Waals surface area contributed by atoms with Crippen molar-refractivity contribution in [3.05, 3.63) is 9.26 Å². The Morgan fingerprint density at radius 1 is 1.71 bits per heavy atom. The maximum absolute atomic E-state index is 11.4. The zero-order valence-corrected chi connectivity index (χ0v) is 10.8. The van der Waals surface area contributed by atoms with Crippen LogP contribution in [0.15, 0.2) is 0 Å². The number of rotatable bonds is 2. The van der Waals surface area contributed by atoms with E-state index in [4.69, 9.17) is 10.5 Å². The van der Waals surface area contributed by atoms with Gasteiger partial charge in [-0.2, -0.15) is 5.10 Å². The van der Waals surface area contributed by atoms with E-state index in [9.17, 15) is 4.79 Å². The fourth-order valence-electron chi connectivity index (χ4n) is 0.940. The number of carbonyl (C=O) groups is 1. The summed E-state index contributed by atoms with van der Waals surface area (Å²) in [7, 11) is 1.66. The van der Waals surface area contributed by atoms with Gasteiger partial charge in [-0.25, -0.2) is 4.79 Å². The van der Waals surface area contributed by atoms with Crippen molar-refractivity contribution in [2.24, 2.45) is 7.05 Å². The van der Waals surface area contributed by atoms with Crippen molar-refractivity contribution < 1.29 is 9.53 Å². The first kappa shape index (κ1) is 13.5. The molecule has 7 heteroatoms. The van der Waals surface area contributed by atoms with E-state index in [2.05, 4.69) is 5.10 Å². The van der Waals surface area contributed by atoms with Crippen LogP contribution in [0, 0.1) is 3.57 Å². The van der Waals surface area contributed by atoms with E-state index in [1.807, 2.05) is 22.6 Å². The summed E-state index contributed by atoms with van der Waals surface area (Å²) in [6.45, 7) is 2.10. The number of nitrogens with two attached hydrogens (primary N) is 1. The molecule has 0 spiro atoms. The average Bonchev–Trinajstić information content (AvgIpc) is 2.27. The molecule has 0 saturated heterocycles. The molecule has 0 fully saturated rings. The van der Waals surface area contributed by atoms with Crippen molar-refractivity contribution >= 4 is 46.8 Å². The number of ether oxygens (including phenoxy) is 1. The summed E-state index contributed by atoms with van der Waals surface area (Å²) in [5.41, 5.74) is 5.93. The highest BCUT2D eigenvalue weighted by Crippen LogP contribution is 2.18. The minimum Gasteiger partial charge on any atom is -0.461 e. The zero-order valence-electron chi connectivity index (χ0n) is 7.78. The number of carbonyl (C=O) groups excluding carboxylic acids is 1. The predicted molar refractivity (Wildman–Crippen MR) is 63.5 cm³/mol. The van der Waals surface area contributed by atoms with Crippen LogP contribution in [-0.4, -0.2) is 22.4 Å². The Morgan fingerprint density at radius 2 is 2.29 bits per heavy atom. The van der Waals surface area contributed by atoms with E-state index in [1.165, 1.54) is 4.68 Å². The molecule has 1 heterocycles. The average molecular weight is 332 g/mol. The van der Waals surface area contributed by atoms with Gasteiger partial charge in [0, 0.05) is 7.05 Å². The molecule has 1 rings (SSSR count). The van der Waals surface area contributed by atoms with Crippen LogP contribution in [0.2, 0.25) is 0 Å². The minimum absolute atomic E-state index is 0. The summed E-state index contributed by atoms with van der Waals surface area (Å²) < 4.78 is 6.91. The lowest BCUT2D eigenvalue weighted by molar-refractivity contribution is 0.0512. The molecule has 0 aromatic carbocycles. The molecule has 14 heavy (non-hydrogen) atoms. The normalized spacial score (nSPS) is 9.36. The molecule has 0 amide bonds. The second-order valence-electron chi connectivity index (χ2n) is 2.39. The first-order valence-electron chi connectivity index (χ1n) is 3.73. The molecule has 1 aromatic heterocycles. The Labute approximate surface area is 102 Å². The van der Waals surface area contributed by atoms with E-state index >= 15 is 0 Å². The van der Waals surface area contributed by atoms with Gasteiger partial charge >= 0.3 is 5.97 Å². The van der Waals surface area contributed by atoms with E-state index in [0.717, 1.165) is 0 Å². The molecular weight excluding hydrogens is 320 g/mol. The van der Waals surface area contributed by atoms with Gasteiger partial charge in [-0.1, -0.05) is 0 Å². The predicted octanol–water partition coefficient (Wildman–Crippen LogP) is 1.21. The number of nitrogen functional groups attached to an aromatic ring is 1. The van der Waals surface area contributed by atoms with E-state index < -0.39 is 5.97 Å². The summed E-state index contributed by atoms with van der Waals surface area (Å²) in [5, 5.41) is 3.90. The van der Waals surface area contributed by atoms with Crippen LogP contribution >= 0.6 is 35.0 Å². The Hall–Kier alpha value is -0.500. The molecule has 0 aliphatic rings. The van der Waals surface area contributed by atoms with Gasteiger partial charge in [-0.15, -0.1) is 12.4 Å². The largest absolute Gasteiger partial charge is 0.461 e. The van der Waals surface area contributed by atoms with Crippen molar-refractivity contribution in [2.75, 3.05) is 12.3 Å². The van der Waals surface area contributed by atoms with Gasteiger partial charge in [0.25, 0.3) is 0 Å². The van der Waals surface area contributed by atoms with Crippen LogP contribution < -0.4 is 5.73 Å². The van der Waals surface area contributed by atoms with Gasteiger partial charge in [0.15, 0.2) is 11.5 Å². The highest BCUT2D eigenvalue weighted by atomic mass is 127. The number of nitrogens with zero attached hydrogens (tertiary/aromatic N) is 2. The quantitative estimate of drug-likeness (QED) is 0.653. The lowest BCUT2D eigenvalue weighted by atomic mass is 10.4. The molecule has 0 saturated carbocycles. The van der Waals surface area contributed by atoms with Gasteiger partial charge < -0.3 is 10.5 Å². The zero-order chi connectivity index (χ0) is 10.0. The second kappa shape index (κ2) is 5.40. The maximum atomic E-state index is 11.4. The fraction of sp³-hybridized carbons (Fsp3) is 0.429. The van der Waals surface area contributed by atoms with Crippen molar-refractivity contribution in [1.29, 1.82) is 0 Å². The van der Waals surface area contributed by atoms with Crippen molar-refractivity contribution in [2.45, 2.75) is 6.92 Å². The number of aromatic nitrogens is 2. The van der Waals surface area contributed by atoms with E-state index in [0.29, 0.717) is 21.7 Å². The van der Waals surface area contributed by atoms with Crippen molar-refractivity contribution in [3.8, 4) is 0 Å². The van der Waals surface area contributed by atoms with Gasteiger partial charge in [-0.05, 0) is 29.5 Å². The molecular formula is C7H11ClIN3O2. The minimum atomic E-state index is -0.390. The number of hydrogen-bond donors (Lipinski definition) is 1. The number of esters is 1. The summed E-state index contributed by atoms with van der Waals surface area (Å²) in [6, 6.07) is 0. The van der Waals surface area contributed by atoms with Crippen LogP contribution in [0.5, 0.6) is 0 Å². The molecule has 0 radical (unpaired) electrons. The van der Waals surface area contributed by atoms with Crippen LogP contribution in [0.1, 0.15) is 17.4 Å². The summed E-state index contributed by atoms with van der Waals surface area (Å²) >= 11 is 1.97. The third-order valence-electron chi connectivity index (χ3n) is 1.48. The SMILES string of the molecule is CCOC(=O)c1c(I)c(N)nn1C.Cl. The van der Waals surface area contributed by atoms with Gasteiger partial charge in [-0.3, -0.25) is 4.68 Å². The van der Waals surface area contributed by atoms with E-state index in [1.54, 1.807) is 14.0 Å². The Kier molecular flexibility index (Phi) is 5.21. The monoisotopic (exact) mass is 331 g/mol. The van der Waals surface area contributed by atoms with Gasteiger partial charge in [0.2, 0.25) is 0 Å². The van der Waals surface area contributed by atoms with Crippen LogP contribution in [0.3, 0.4) is 0 Å². The Morgan fingerprint density at radius 3 is 2.64 bits per heavy atom. The summed E-state index contributed by atoms with van der Waals surface area (Å²) in [5.74, 6) is -0.0373.